The Morgan fingerprint density at radius 2 is 1.89 bits per heavy atom. The van der Waals surface area contributed by atoms with Crippen LogP contribution in [0.4, 0.5) is 10.8 Å². The van der Waals surface area contributed by atoms with Crippen LogP contribution in [0.15, 0.2) is 53.4 Å². The van der Waals surface area contributed by atoms with Gasteiger partial charge in [-0.3, -0.25) is 14.4 Å². The Labute approximate surface area is 172 Å². The maximum Gasteiger partial charge on any atom is 0.264 e. The second kappa shape index (κ2) is 8.26. The number of rotatable bonds is 6. The lowest BCUT2D eigenvalue weighted by Crippen LogP contribution is -2.31. The van der Waals surface area contributed by atoms with Gasteiger partial charge in [-0.2, -0.15) is 0 Å². The molecule has 28 heavy (non-hydrogen) atoms. The summed E-state index contributed by atoms with van der Waals surface area (Å²) >= 11 is 7.35. The quantitative estimate of drug-likeness (QED) is 0.631. The molecule has 1 aromatic heterocycles. The number of hydrogen-bond donors (Lipinski definition) is 1. The molecule has 0 bridgehead atoms. The van der Waals surface area contributed by atoms with Gasteiger partial charge in [0.05, 0.1) is 21.2 Å². The number of carbonyl (C=O) groups excluding carboxylic acids is 1. The second-order valence-electron chi connectivity index (χ2n) is 5.73. The van der Waals surface area contributed by atoms with Crippen molar-refractivity contribution >= 4 is 49.7 Å². The van der Waals surface area contributed by atoms with Gasteiger partial charge in [0.2, 0.25) is 5.13 Å². The van der Waals surface area contributed by atoms with Crippen molar-refractivity contribution < 1.29 is 13.2 Å². The van der Waals surface area contributed by atoms with Gasteiger partial charge >= 0.3 is 0 Å². The molecular formula is C18H17ClN4O3S2. The highest BCUT2D eigenvalue weighted by molar-refractivity contribution is 7.92. The molecule has 0 fully saturated rings. The van der Waals surface area contributed by atoms with Gasteiger partial charge < -0.3 is 0 Å². The van der Waals surface area contributed by atoms with Crippen LogP contribution in [0.5, 0.6) is 0 Å². The first-order valence-electron chi connectivity index (χ1n) is 8.31. The van der Waals surface area contributed by atoms with Crippen molar-refractivity contribution in [2.45, 2.75) is 18.7 Å². The number of halogens is 1. The molecule has 1 amide bonds. The van der Waals surface area contributed by atoms with Crippen molar-refractivity contribution in [1.29, 1.82) is 0 Å². The highest BCUT2D eigenvalue weighted by Crippen LogP contribution is 2.27. The number of sulfonamides is 1. The molecule has 0 aliphatic carbocycles. The zero-order valence-electron chi connectivity index (χ0n) is 15.1. The molecule has 7 nitrogen and oxygen atoms in total. The minimum atomic E-state index is -3.88. The van der Waals surface area contributed by atoms with Gasteiger partial charge in [0.25, 0.3) is 15.9 Å². The predicted molar refractivity (Wildman–Crippen MR) is 111 cm³/mol. The van der Waals surface area contributed by atoms with Crippen LogP contribution in [0.1, 0.15) is 22.3 Å². The molecule has 2 aromatic carbocycles. The summed E-state index contributed by atoms with van der Waals surface area (Å²) in [5, 5.41) is 11.4. The zero-order valence-corrected chi connectivity index (χ0v) is 17.5. The largest absolute Gasteiger partial charge is 0.296 e. The van der Waals surface area contributed by atoms with Crippen molar-refractivity contribution in [2.24, 2.45) is 0 Å². The number of para-hydroxylation sites is 1. The molecule has 0 aliphatic rings. The number of anilines is 2. The summed E-state index contributed by atoms with van der Waals surface area (Å²) in [6.07, 6.45) is 0. The average Bonchev–Trinajstić information content (AvgIpc) is 3.07. The summed E-state index contributed by atoms with van der Waals surface area (Å²) in [5.41, 5.74) is 0.579. The lowest BCUT2D eigenvalue weighted by atomic mass is 10.2. The molecule has 10 heteroatoms. The van der Waals surface area contributed by atoms with Crippen molar-refractivity contribution in [3.05, 3.63) is 64.1 Å². The van der Waals surface area contributed by atoms with Crippen LogP contribution < -0.4 is 9.62 Å². The van der Waals surface area contributed by atoms with Crippen LogP contribution in [0, 0.1) is 6.92 Å². The van der Waals surface area contributed by atoms with Gasteiger partial charge in [0, 0.05) is 6.54 Å². The topological polar surface area (TPSA) is 92.3 Å². The fourth-order valence-electron chi connectivity index (χ4n) is 2.56. The van der Waals surface area contributed by atoms with E-state index in [0.29, 0.717) is 15.8 Å². The Morgan fingerprint density at radius 1 is 1.18 bits per heavy atom. The normalized spacial score (nSPS) is 11.2. The first-order chi connectivity index (χ1) is 13.3. The Bertz CT molecular complexity index is 1100. The highest BCUT2D eigenvalue weighted by atomic mass is 35.5. The number of carbonyl (C=O) groups is 1. The van der Waals surface area contributed by atoms with Crippen LogP contribution in [-0.4, -0.2) is 31.1 Å². The fraction of sp³-hybridized carbons (Fsp3) is 0.167. The maximum atomic E-state index is 13.1. The molecule has 3 aromatic rings. The van der Waals surface area contributed by atoms with E-state index in [-0.39, 0.29) is 22.0 Å². The maximum absolute atomic E-state index is 13.1. The number of nitrogens with one attached hydrogen (secondary N) is 1. The molecule has 146 valence electrons. The fourth-order valence-corrected chi connectivity index (χ4v) is 4.85. The summed E-state index contributed by atoms with van der Waals surface area (Å²) < 4.78 is 27.6. The van der Waals surface area contributed by atoms with Gasteiger partial charge in [-0.15, -0.1) is 10.2 Å². The lowest BCUT2D eigenvalue weighted by molar-refractivity contribution is 0.102. The van der Waals surface area contributed by atoms with E-state index in [0.717, 1.165) is 0 Å². The van der Waals surface area contributed by atoms with Crippen molar-refractivity contribution in [1.82, 2.24) is 10.2 Å². The van der Waals surface area contributed by atoms with Crippen molar-refractivity contribution in [3.63, 3.8) is 0 Å². The Morgan fingerprint density at radius 3 is 2.50 bits per heavy atom. The summed E-state index contributed by atoms with van der Waals surface area (Å²) in [6.45, 7) is 3.74. The van der Waals surface area contributed by atoms with Gasteiger partial charge in [0.15, 0.2) is 0 Å². The molecule has 0 atom stereocenters. The predicted octanol–water partition coefficient (Wildman–Crippen LogP) is 3.97. The van der Waals surface area contributed by atoms with Gasteiger partial charge in [0.1, 0.15) is 5.01 Å². The number of aryl methyl sites for hydroxylation is 1. The van der Waals surface area contributed by atoms with Gasteiger partial charge in [-0.1, -0.05) is 41.1 Å². The molecular weight excluding hydrogens is 420 g/mol. The van der Waals surface area contributed by atoms with E-state index in [1.165, 1.54) is 33.8 Å². The molecule has 0 aliphatic heterocycles. The van der Waals surface area contributed by atoms with Gasteiger partial charge in [-0.25, -0.2) is 8.42 Å². The van der Waals surface area contributed by atoms with Crippen LogP contribution in [0.3, 0.4) is 0 Å². The number of aromatic nitrogens is 2. The van der Waals surface area contributed by atoms with Crippen molar-refractivity contribution in [2.75, 3.05) is 16.2 Å². The number of benzene rings is 2. The monoisotopic (exact) mass is 436 g/mol. The Balaban J connectivity index is 1.96. The standard InChI is InChI=1S/C18H17ClN4O3S2/c1-3-23(13-7-5-4-6-8-13)28(25,26)14-9-10-16(19)15(11-14)17(24)20-18-22-21-12(2)27-18/h4-11H,3H2,1-2H3,(H,20,22,24). The lowest BCUT2D eigenvalue weighted by Gasteiger charge is -2.23. The summed E-state index contributed by atoms with van der Waals surface area (Å²) in [4.78, 5) is 12.5. The molecule has 0 saturated heterocycles. The van der Waals surface area contributed by atoms with E-state index in [1.807, 2.05) is 6.07 Å². The summed E-state index contributed by atoms with van der Waals surface area (Å²) in [7, 11) is -3.88. The van der Waals surface area contributed by atoms with E-state index in [4.69, 9.17) is 11.6 Å². The average molecular weight is 437 g/mol. The Kier molecular flexibility index (Phi) is 5.97. The SMILES string of the molecule is CCN(c1ccccc1)S(=O)(=O)c1ccc(Cl)c(C(=O)Nc2nnc(C)s2)c1. The van der Waals surface area contributed by atoms with Gasteiger partial charge in [-0.05, 0) is 44.2 Å². The first kappa shape index (κ1) is 20.2. The smallest absolute Gasteiger partial charge is 0.264 e. The van der Waals surface area contributed by atoms with Crippen molar-refractivity contribution in [3.8, 4) is 0 Å². The van der Waals surface area contributed by atoms with E-state index in [1.54, 1.807) is 38.1 Å². The summed E-state index contributed by atoms with van der Waals surface area (Å²) in [5.74, 6) is -0.555. The molecule has 0 spiro atoms. The number of nitrogens with zero attached hydrogens (tertiary/aromatic N) is 3. The summed E-state index contributed by atoms with van der Waals surface area (Å²) in [6, 6.07) is 12.8. The molecule has 0 unspecified atom stereocenters. The molecule has 1 N–H and O–H groups in total. The van der Waals surface area contributed by atoms with Crippen LogP contribution in [0.25, 0.3) is 0 Å². The van der Waals surface area contributed by atoms with E-state index < -0.39 is 15.9 Å². The molecule has 0 saturated carbocycles. The zero-order chi connectivity index (χ0) is 20.3. The Hall–Kier alpha value is -2.49. The second-order valence-corrected chi connectivity index (χ2v) is 9.18. The third kappa shape index (κ3) is 4.16. The third-order valence-corrected chi connectivity index (χ3v) is 6.83. The van der Waals surface area contributed by atoms with E-state index in [9.17, 15) is 13.2 Å². The molecule has 0 radical (unpaired) electrons. The highest BCUT2D eigenvalue weighted by Gasteiger charge is 2.25. The minimum Gasteiger partial charge on any atom is -0.296 e. The molecule has 3 rings (SSSR count). The first-order valence-corrected chi connectivity index (χ1v) is 10.9. The molecule has 1 heterocycles. The number of hydrogen-bond acceptors (Lipinski definition) is 6. The van der Waals surface area contributed by atoms with E-state index >= 15 is 0 Å². The van der Waals surface area contributed by atoms with Crippen LogP contribution >= 0.6 is 22.9 Å². The number of amides is 1. The van der Waals surface area contributed by atoms with E-state index in [2.05, 4.69) is 15.5 Å². The third-order valence-electron chi connectivity index (χ3n) is 3.85. The van der Waals surface area contributed by atoms with Crippen LogP contribution in [0.2, 0.25) is 5.02 Å². The minimum absolute atomic E-state index is 0.0267. The van der Waals surface area contributed by atoms with Crippen LogP contribution in [-0.2, 0) is 10.0 Å².